The molecule has 1 atom stereocenters. The van der Waals surface area contributed by atoms with Crippen molar-refractivity contribution >= 4 is 35.8 Å². The monoisotopic (exact) mass is 472 g/mol. The molecule has 1 aliphatic rings. The van der Waals surface area contributed by atoms with Gasteiger partial charge in [0.2, 0.25) is 5.91 Å². The number of carbonyl (C=O) groups excluding carboxylic acids is 1. The van der Waals surface area contributed by atoms with E-state index in [1.165, 1.54) is 11.1 Å². The predicted octanol–water partition coefficient (Wildman–Crippen LogP) is 3.14. The Balaban J connectivity index is 0.00000338. The molecule has 2 N–H and O–H groups in total. The SMILES string of the molecule is CN=C(NCC(C)c1ccc(C)cc1)N1CCC(CC(=O)NC)CC1.I. The minimum absolute atomic E-state index is 0. The molecule has 1 heterocycles. The second kappa shape index (κ2) is 11.4. The fourth-order valence-corrected chi connectivity index (χ4v) is 3.30. The van der Waals surface area contributed by atoms with Crippen molar-refractivity contribution in [1.29, 1.82) is 0 Å². The molecule has 1 aromatic carbocycles. The van der Waals surface area contributed by atoms with Crippen LogP contribution in [0.1, 0.15) is 43.2 Å². The van der Waals surface area contributed by atoms with Gasteiger partial charge in [-0.1, -0.05) is 36.8 Å². The molecule has 1 fully saturated rings. The van der Waals surface area contributed by atoms with Gasteiger partial charge in [-0.2, -0.15) is 0 Å². The molecular weight excluding hydrogens is 439 g/mol. The van der Waals surface area contributed by atoms with E-state index < -0.39 is 0 Å². The average Bonchev–Trinajstić information content (AvgIpc) is 2.63. The summed E-state index contributed by atoms with van der Waals surface area (Å²) in [5.74, 6) is 2.04. The second-order valence-electron chi connectivity index (χ2n) is 7.05. The summed E-state index contributed by atoms with van der Waals surface area (Å²) in [6, 6.07) is 8.74. The summed E-state index contributed by atoms with van der Waals surface area (Å²) in [7, 11) is 3.55. The summed E-state index contributed by atoms with van der Waals surface area (Å²) in [6.45, 7) is 7.14. The van der Waals surface area contributed by atoms with E-state index in [0.717, 1.165) is 38.4 Å². The molecule has 26 heavy (non-hydrogen) atoms. The Morgan fingerprint density at radius 1 is 1.27 bits per heavy atom. The van der Waals surface area contributed by atoms with Crippen molar-refractivity contribution < 1.29 is 4.79 Å². The van der Waals surface area contributed by atoms with Gasteiger partial charge in [-0.05, 0) is 37.2 Å². The Bertz CT molecular complexity index is 580. The number of hydrogen-bond donors (Lipinski definition) is 2. The normalized spacial score (nSPS) is 16.6. The number of hydrogen-bond acceptors (Lipinski definition) is 2. The van der Waals surface area contributed by atoms with Crippen LogP contribution in [-0.4, -0.2) is 50.5 Å². The van der Waals surface area contributed by atoms with Gasteiger partial charge >= 0.3 is 0 Å². The van der Waals surface area contributed by atoms with Crippen LogP contribution in [0.3, 0.4) is 0 Å². The van der Waals surface area contributed by atoms with Gasteiger partial charge in [-0.3, -0.25) is 9.79 Å². The van der Waals surface area contributed by atoms with E-state index in [4.69, 9.17) is 0 Å². The number of aliphatic imine (C=N–C) groups is 1. The molecule has 5 nitrogen and oxygen atoms in total. The molecule has 6 heteroatoms. The standard InChI is InChI=1S/C20H32N4O.HI/c1-15-5-7-18(8-6-15)16(2)14-23-20(22-4)24-11-9-17(10-12-24)13-19(25)21-3;/h5-8,16-17H,9-14H2,1-4H3,(H,21,25)(H,22,23);1H. The van der Waals surface area contributed by atoms with Gasteiger partial charge in [-0.25, -0.2) is 0 Å². The van der Waals surface area contributed by atoms with E-state index in [2.05, 4.69) is 58.6 Å². The zero-order chi connectivity index (χ0) is 18.2. The highest BCUT2D eigenvalue weighted by Crippen LogP contribution is 2.21. The fourth-order valence-electron chi connectivity index (χ4n) is 3.30. The van der Waals surface area contributed by atoms with Crippen molar-refractivity contribution in [1.82, 2.24) is 15.5 Å². The van der Waals surface area contributed by atoms with Gasteiger partial charge in [0.05, 0.1) is 0 Å². The van der Waals surface area contributed by atoms with Crippen LogP contribution in [0.25, 0.3) is 0 Å². The minimum atomic E-state index is 0. The van der Waals surface area contributed by atoms with Crippen LogP contribution < -0.4 is 10.6 Å². The van der Waals surface area contributed by atoms with Gasteiger partial charge in [-0.15, -0.1) is 24.0 Å². The Morgan fingerprint density at radius 3 is 2.42 bits per heavy atom. The number of piperidine rings is 1. The number of benzene rings is 1. The van der Waals surface area contributed by atoms with Crippen LogP contribution in [-0.2, 0) is 4.79 Å². The Labute approximate surface area is 175 Å². The molecule has 1 amide bonds. The Kier molecular flexibility index (Phi) is 9.98. The van der Waals surface area contributed by atoms with Crippen molar-refractivity contribution in [3.05, 3.63) is 35.4 Å². The lowest BCUT2D eigenvalue weighted by molar-refractivity contribution is -0.121. The molecule has 2 rings (SSSR count). The first-order chi connectivity index (χ1) is 12.0. The molecule has 0 radical (unpaired) electrons. The molecule has 0 spiro atoms. The maximum Gasteiger partial charge on any atom is 0.220 e. The molecule has 1 aromatic rings. The summed E-state index contributed by atoms with van der Waals surface area (Å²) in [6.07, 6.45) is 2.73. The number of halogens is 1. The van der Waals surface area contributed by atoms with Crippen molar-refractivity contribution in [2.45, 2.75) is 39.0 Å². The van der Waals surface area contributed by atoms with E-state index in [1.807, 2.05) is 7.05 Å². The molecule has 0 aromatic heterocycles. The van der Waals surface area contributed by atoms with Gasteiger partial charge in [0.25, 0.3) is 0 Å². The highest BCUT2D eigenvalue weighted by Gasteiger charge is 2.23. The first-order valence-electron chi connectivity index (χ1n) is 9.26. The zero-order valence-electron chi connectivity index (χ0n) is 16.4. The Hall–Kier alpha value is -1.31. The van der Waals surface area contributed by atoms with Gasteiger partial charge in [0.15, 0.2) is 5.96 Å². The smallest absolute Gasteiger partial charge is 0.220 e. The first kappa shape index (κ1) is 22.7. The van der Waals surface area contributed by atoms with Crippen LogP contribution in [0, 0.1) is 12.8 Å². The highest BCUT2D eigenvalue weighted by atomic mass is 127. The number of nitrogens with one attached hydrogen (secondary N) is 2. The first-order valence-corrected chi connectivity index (χ1v) is 9.26. The van der Waals surface area contributed by atoms with Crippen molar-refractivity contribution in [2.24, 2.45) is 10.9 Å². The summed E-state index contributed by atoms with van der Waals surface area (Å²) in [5, 5.41) is 6.24. The number of rotatable bonds is 5. The summed E-state index contributed by atoms with van der Waals surface area (Å²) in [4.78, 5) is 18.3. The van der Waals surface area contributed by atoms with Gasteiger partial charge in [0.1, 0.15) is 0 Å². The van der Waals surface area contributed by atoms with Crippen LogP contribution in [0.15, 0.2) is 29.3 Å². The van der Waals surface area contributed by atoms with E-state index >= 15 is 0 Å². The fraction of sp³-hybridized carbons (Fsp3) is 0.600. The van der Waals surface area contributed by atoms with E-state index in [9.17, 15) is 4.79 Å². The summed E-state index contributed by atoms with van der Waals surface area (Å²) < 4.78 is 0. The molecule has 1 saturated heterocycles. The largest absolute Gasteiger partial charge is 0.359 e. The molecule has 146 valence electrons. The predicted molar refractivity (Wildman–Crippen MR) is 119 cm³/mol. The van der Waals surface area contributed by atoms with Crippen LogP contribution in [0.2, 0.25) is 0 Å². The van der Waals surface area contributed by atoms with Crippen LogP contribution in [0.4, 0.5) is 0 Å². The summed E-state index contributed by atoms with van der Waals surface area (Å²) in [5.41, 5.74) is 2.64. The molecule has 1 aliphatic heterocycles. The lowest BCUT2D eigenvalue weighted by Crippen LogP contribution is -2.46. The topological polar surface area (TPSA) is 56.7 Å². The van der Waals surface area contributed by atoms with Crippen LogP contribution >= 0.6 is 24.0 Å². The van der Waals surface area contributed by atoms with E-state index in [-0.39, 0.29) is 29.9 Å². The van der Waals surface area contributed by atoms with Crippen molar-refractivity contribution in [3.63, 3.8) is 0 Å². The van der Waals surface area contributed by atoms with E-state index in [0.29, 0.717) is 18.3 Å². The van der Waals surface area contributed by atoms with Gasteiger partial charge in [0, 0.05) is 40.2 Å². The molecule has 0 bridgehead atoms. The highest BCUT2D eigenvalue weighted by molar-refractivity contribution is 14.0. The number of aryl methyl sites for hydroxylation is 1. The quantitative estimate of drug-likeness (QED) is 0.394. The van der Waals surface area contributed by atoms with Gasteiger partial charge < -0.3 is 15.5 Å². The number of amides is 1. The molecule has 0 aliphatic carbocycles. The number of nitrogens with zero attached hydrogens (tertiary/aromatic N) is 2. The number of guanidine groups is 1. The zero-order valence-corrected chi connectivity index (χ0v) is 18.7. The third-order valence-electron chi connectivity index (χ3n) is 5.09. The molecule has 0 saturated carbocycles. The lowest BCUT2D eigenvalue weighted by atomic mass is 9.93. The maximum absolute atomic E-state index is 11.5. The third-order valence-corrected chi connectivity index (χ3v) is 5.09. The van der Waals surface area contributed by atoms with Crippen LogP contribution in [0.5, 0.6) is 0 Å². The van der Waals surface area contributed by atoms with Crippen molar-refractivity contribution in [2.75, 3.05) is 33.7 Å². The second-order valence-corrected chi connectivity index (χ2v) is 7.05. The molecular formula is C20H33IN4O. The molecule has 1 unspecified atom stereocenters. The summed E-state index contributed by atoms with van der Waals surface area (Å²) >= 11 is 0. The number of carbonyl (C=O) groups is 1. The minimum Gasteiger partial charge on any atom is -0.359 e. The lowest BCUT2D eigenvalue weighted by Gasteiger charge is -2.34. The average molecular weight is 472 g/mol. The number of likely N-dealkylation sites (tertiary alicyclic amines) is 1. The maximum atomic E-state index is 11.5. The van der Waals surface area contributed by atoms with E-state index in [1.54, 1.807) is 7.05 Å². The Morgan fingerprint density at radius 2 is 1.88 bits per heavy atom. The van der Waals surface area contributed by atoms with Crippen molar-refractivity contribution in [3.8, 4) is 0 Å². The third kappa shape index (κ3) is 6.78.